The number of esters is 3. The molecule has 0 aromatic carbocycles. The predicted octanol–water partition coefficient (Wildman–Crippen LogP) is 16.8. The highest BCUT2D eigenvalue weighted by Gasteiger charge is 2.19. The van der Waals surface area contributed by atoms with Gasteiger partial charge in [0.1, 0.15) is 13.2 Å². The van der Waals surface area contributed by atoms with Crippen molar-refractivity contribution in [3.63, 3.8) is 0 Å². The summed E-state index contributed by atoms with van der Waals surface area (Å²) in [4.78, 5) is 37.4. The van der Waals surface area contributed by atoms with E-state index in [1.54, 1.807) is 0 Å². The van der Waals surface area contributed by atoms with E-state index >= 15 is 0 Å². The van der Waals surface area contributed by atoms with E-state index in [-0.39, 0.29) is 31.1 Å². The molecular weight excluding hydrogens is 769 g/mol. The van der Waals surface area contributed by atoms with Gasteiger partial charge in [-0.3, -0.25) is 14.4 Å². The second-order valence-corrected chi connectivity index (χ2v) is 16.7. The normalized spacial score (nSPS) is 12.8. The van der Waals surface area contributed by atoms with Crippen LogP contribution in [0.15, 0.2) is 85.1 Å². The maximum Gasteiger partial charge on any atom is 0.306 e. The molecule has 0 amide bonds. The highest BCUT2D eigenvalue weighted by molar-refractivity contribution is 5.71. The van der Waals surface area contributed by atoms with Gasteiger partial charge in [-0.1, -0.05) is 221 Å². The van der Waals surface area contributed by atoms with Crippen LogP contribution in [0.25, 0.3) is 0 Å². The van der Waals surface area contributed by atoms with Crippen molar-refractivity contribution in [3.8, 4) is 0 Å². The monoisotopic (exact) mass is 863 g/mol. The zero-order chi connectivity index (χ0) is 45.1. The van der Waals surface area contributed by atoms with Gasteiger partial charge in [0.2, 0.25) is 0 Å². The zero-order valence-electron chi connectivity index (χ0n) is 40.4. The van der Waals surface area contributed by atoms with Gasteiger partial charge in [0.15, 0.2) is 6.10 Å². The summed E-state index contributed by atoms with van der Waals surface area (Å²) < 4.78 is 16.6. The lowest BCUT2D eigenvalue weighted by Gasteiger charge is -2.18. The summed E-state index contributed by atoms with van der Waals surface area (Å²) in [6, 6.07) is 0. The van der Waals surface area contributed by atoms with Crippen molar-refractivity contribution in [1.29, 1.82) is 0 Å². The first kappa shape index (κ1) is 58.6. The van der Waals surface area contributed by atoms with Gasteiger partial charge in [-0.25, -0.2) is 0 Å². The lowest BCUT2D eigenvalue weighted by atomic mass is 10.1. The first-order valence-corrected chi connectivity index (χ1v) is 25.6. The molecule has 0 aliphatic rings. The van der Waals surface area contributed by atoms with Crippen LogP contribution in [0.4, 0.5) is 0 Å². The minimum atomic E-state index is -0.770. The average molecular weight is 863 g/mol. The van der Waals surface area contributed by atoms with E-state index in [1.165, 1.54) is 83.5 Å². The Hall–Kier alpha value is -3.41. The summed E-state index contributed by atoms with van der Waals surface area (Å²) in [5.41, 5.74) is 0. The predicted molar refractivity (Wildman–Crippen MR) is 265 cm³/mol. The van der Waals surface area contributed by atoms with Gasteiger partial charge in [-0.2, -0.15) is 0 Å². The van der Waals surface area contributed by atoms with Gasteiger partial charge in [-0.15, -0.1) is 0 Å². The first-order valence-electron chi connectivity index (χ1n) is 25.6. The van der Waals surface area contributed by atoms with Crippen LogP contribution in [-0.4, -0.2) is 37.2 Å². The first-order chi connectivity index (χ1) is 30.5. The summed E-state index contributed by atoms with van der Waals surface area (Å²) in [6.07, 6.45) is 64.8. The molecule has 0 bridgehead atoms. The quantitative estimate of drug-likeness (QED) is 0.0263. The van der Waals surface area contributed by atoms with Crippen molar-refractivity contribution < 1.29 is 28.6 Å². The Kier molecular flexibility index (Phi) is 47.5. The van der Waals surface area contributed by atoms with Crippen LogP contribution < -0.4 is 0 Å². The topological polar surface area (TPSA) is 78.9 Å². The molecule has 0 N–H and O–H groups in total. The summed E-state index contributed by atoms with van der Waals surface area (Å²) >= 11 is 0. The summed E-state index contributed by atoms with van der Waals surface area (Å²) in [6.45, 7) is 6.40. The molecule has 0 heterocycles. The van der Waals surface area contributed by atoms with E-state index in [4.69, 9.17) is 14.2 Å². The number of rotatable bonds is 45. The molecule has 0 saturated heterocycles. The molecule has 62 heavy (non-hydrogen) atoms. The Morgan fingerprint density at radius 1 is 0.339 bits per heavy atom. The Morgan fingerprint density at radius 3 is 0.984 bits per heavy atom. The van der Waals surface area contributed by atoms with Crippen molar-refractivity contribution in [3.05, 3.63) is 85.1 Å². The minimum absolute atomic E-state index is 0.0769. The molecule has 6 heteroatoms. The van der Waals surface area contributed by atoms with E-state index in [2.05, 4.69) is 106 Å². The van der Waals surface area contributed by atoms with Crippen molar-refractivity contribution in [1.82, 2.24) is 0 Å². The van der Waals surface area contributed by atoms with E-state index < -0.39 is 6.10 Å². The molecule has 0 fully saturated rings. The van der Waals surface area contributed by atoms with Crippen molar-refractivity contribution in [2.75, 3.05) is 13.2 Å². The molecular formula is C56H94O6. The summed E-state index contributed by atoms with van der Waals surface area (Å²) in [5, 5.41) is 0. The van der Waals surface area contributed by atoms with E-state index in [0.717, 1.165) is 109 Å². The molecule has 0 aromatic heterocycles. The summed E-state index contributed by atoms with van der Waals surface area (Å²) in [5.74, 6) is -0.903. The van der Waals surface area contributed by atoms with Crippen LogP contribution in [0.5, 0.6) is 0 Å². The molecule has 0 radical (unpaired) electrons. The number of hydrogen-bond acceptors (Lipinski definition) is 6. The second kappa shape index (κ2) is 50.2. The Labute approximate surface area is 382 Å². The van der Waals surface area contributed by atoms with Crippen molar-refractivity contribution in [2.45, 2.75) is 239 Å². The fraction of sp³-hybridized carbons (Fsp3) is 0.696. The fourth-order valence-corrected chi connectivity index (χ4v) is 6.83. The second-order valence-electron chi connectivity index (χ2n) is 16.7. The van der Waals surface area contributed by atoms with Gasteiger partial charge >= 0.3 is 17.9 Å². The maximum absolute atomic E-state index is 12.6. The molecule has 0 aromatic rings. The van der Waals surface area contributed by atoms with Crippen LogP contribution in [0.2, 0.25) is 0 Å². The number of allylic oxidation sites excluding steroid dienone is 14. The lowest BCUT2D eigenvalue weighted by molar-refractivity contribution is -0.167. The molecule has 1 unspecified atom stereocenters. The number of unbranched alkanes of at least 4 members (excludes halogenated alkanes) is 20. The van der Waals surface area contributed by atoms with Crippen LogP contribution in [0, 0.1) is 0 Å². The highest BCUT2D eigenvalue weighted by Crippen LogP contribution is 2.14. The largest absolute Gasteiger partial charge is 0.462 e. The standard InChI is InChI=1S/C56H94O6/c1-4-7-10-13-16-17-18-19-20-21-22-23-24-25-26-27-28-29-30-31-32-33-34-35-36-37-38-39-41-43-46-49-55(58)61-52-53(51-60-54(57)48-45-42-15-12-9-6-3)62-56(59)50-47-44-40-14-11-8-5-2/h7,10,16-17,19-20,22-23,25-26,28-29,31-32,53H,4-6,8-9,11-15,18,21,24,27,30,33-52H2,1-3H3/b10-7-,17-16-,20-19-,23-22-,26-25-,29-28-,32-31-. The van der Waals surface area contributed by atoms with E-state index in [0.29, 0.717) is 19.3 Å². The molecule has 0 aliphatic heterocycles. The number of hydrogen-bond donors (Lipinski definition) is 0. The SMILES string of the molecule is CC/C=C\C/C=C\C/C=C\C/C=C\C/C=C\C/C=C\C/C=C\CCCCCCCCCCCC(=O)OCC(COC(=O)CCCCCCCC)OC(=O)CCCCCCCCC. The van der Waals surface area contributed by atoms with Crippen LogP contribution in [0.1, 0.15) is 233 Å². The minimum Gasteiger partial charge on any atom is -0.462 e. The molecule has 1 atom stereocenters. The molecule has 354 valence electrons. The van der Waals surface area contributed by atoms with Crippen molar-refractivity contribution >= 4 is 17.9 Å². The number of ether oxygens (including phenoxy) is 3. The third-order valence-corrected chi connectivity index (χ3v) is 10.7. The fourth-order valence-electron chi connectivity index (χ4n) is 6.83. The number of carbonyl (C=O) groups excluding carboxylic acids is 3. The Morgan fingerprint density at radius 2 is 0.629 bits per heavy atom. The highest BCUT2D eigenvalue weighted by atomic mass is 16.6. The van der Waals surface area contributed by atoms with Crippen LogP contribution in [0.3, 0.4) is 0 Å². The Balaban J connectivity index is 3.99. The molecule has 0 saturated carbocycles. The van der Waals surface area contributed by atoms with Crippen molar-refractivity contribution in [2.24, 2.45) is 0 Å². The van der Waals surface area contributed by atoms with Crippen LogP contribution in [-0.2, 0) is 28.6 Å². The third kappa shape index (κ3) is 47.6. The van der Waals surface area contributed by atoms with E-state index in [1.807, 2.05) is 0 Å². The molecule has 0 spiro atoms. The van der Waals surface area contributed by atoms with Crippen LogP contribution >= 0.6 is 0 Å². The maximum atomic E-state index is 12.6. The smallest absolute Gasteiger partial charge is 0.306 e. The molecule has 0 aliphatic carbocycles. The van der Waals surface area contributed by atoms with Gasteiger partial charge in [-0.05, 0) is 77.0 Å². The third-order valence-electron chi connectivity index (χ3n) is 10.7. The molecule has 0 rings (SSSR count). The van der Waals surface area contributed by atoms with E-state index in [9.17, 15) is 14.4 Å². The lowest BCUT2D eigenvalue weighted by Crippen LogP contribution is -2.30. The van der Waals surface area contributed by atoms with Gasteiger partial charge in [0.25, 0.3) is 0 Å². The number of carbonyl (C=O) groups is 3. The van der Waals surface area contributed by atoms with Gasteiger partial charge in [0, 0.05) is 19.3 Å². The average Bonchev–Trinajstić information content (AvgIpc) is 3.27. The Bertz CT molecular complexity index is 1220. The van der Waals surface area contributed by atoms with Gasteiger partial charge < -0.3 is 14.2 Å². The van der Waals surface area contributed by atoms with Gasteiger partial charge in [0.05, 0.1) is 0 Å². The summed E-state index contributed by atoms with van der Waals surface area (Å²) in [7, 11) is 0. The zero-order valence-corrected chi connectivity index (χ0v) is 40.4. The molecule has 6 nitrogen and oxygen atoms in total.